The number of nitrogens with one attached hydrogen (secondary N) is 2. The van der Waals surface area contributed by atoms with E-state index in [2.05, 4.69) is 26.6 Å². The maximum atomic E-state index is 12.2. The maximum Gasteiger partial charge on any atom is 0.258 e. The van der Waals surface area contributed by atoms with Gasteiger partial charge in [0.1, 0.15) is 0 Å². The Morgan fingerprint density at radius 1 is 1.23 bits per heavy atom. The molecule has 0 aliphatic rings. The van der Waals surface area contributed by atoms with E-state index in [1.165, 1.54) is 0 Å². The minimum absolute atomic E-state index is 0.00742. The molecule has 0 aliphatic heterocycles. The minimum Gasteiger partial charge on any atom is -0.356 e. The number of rotatable bonds is 3. The zero-order valence-corrected chi connectivity index (χ0v) is 14.9. The van der Waals surface area contributed by atoms with E-state index in [1.807, 2.05) is 37.3 Å². The van der Waals surface area contributed by atoms with Crippen molar-refractivity contribution in [3.63, 3.8) is 0 Å². The lowest BCUT2D eigenvalue weighted by Gasteiger charge is -2.17. The average Bonchev–Trinajstić information content (AvgIpc) is 2.50. The van der Waals surface area contributed by atoms with Crippen molar-refractivity contribution in [3.8, 4) is 0 Å². The van der Waals surface area contributed by atoms with Crippen molar-refractivity contribution in [1.82, 2.24) is 10.6 Å². The Kier molecular flexibility index (Phi) is 5.94. The molecule has 0 heterocycles. The van der Waals surface area contributed by atoms with Gasteiger partial charge in [0.2, 0.25) is 0 Å². The van der Waals surface area contributed by atoms with Gasteiger partial charge in [0, 0.05) is 4.47 Å². The molecule has 0 bridgehead atoms. The van der Waals surface area contributed by atoms with Crippen LogP contribution < -0.4 is 10.6 Å². The third kappa shape index (κ3) is 4.53. The second-order valence-electron chi connectivity index (χ2n) is 4.68. The highest BCUT2D eigenvalue weighted by molar-refractivity contribution is 9.10. The van der Waals surface area contributed by atoms with Gasteiger partial charge in [0.15, 0.2) is 5.11 Å². The molecule has 114 valence electrons. The highest BCUT2D eigenvalue weighted by Crippen LogP contribution is 2.20. The summed E-state index contributed by atoms with van der Waals surface area (Å²) in [6.07, 6.45) is 0. The first kappa shape index (κ1) is 16.9. The molecule has 0 saturated carbocycles. The second kappa shape index (κ2) is 7.72. The van der Waals surface area contributed by atoms with Gasteiger partial charge in [-0.15, -0.1) is 0 Å². The van der Waals surface area contributed by atoms with Crippen LogP contribution in [0.2, 0.25) is 5.02 Å². The molecule has 1 amide bonds. The summed E-state index contributed by atoms with van der Waals surface area (Å²) in [5, 5.41) is 6.35. The van der Waals surface area contributed by atoms with Crippen molar-refractivity contribution in [2.75, 3.05) is 0 Å². The fourth-order valence-corrected chi connectivity index (χ4v) is 2.73. The van der Waals surface area contributed by atoms with Crippen LogP contribution in [0.4, 0.5) is 0 Å². The molecule has 6 heteroatoms. The third-order valence-electron chi connectivity index (χ3n) is 3.05. The molecule has 22 heavy (non-hydrogen) atoms. The number of thiocarbonyl (C=S) groups is 1. The molecule has 0 radical (unpaired) electrons. The number of carbonyl (C=O) groups excluding carboxylic acids is 1. The quantitative estimate of drug-likeness (QED) is 0.751. The van der Waals surface area contributed by atoms with E-state index >= 15 is 0 Å². The number of hydrogen-bond acceptors (Lipinski definition) is 2. The van der Waals surface area contributed by atoms with Crippen LogP contribution in [0.1, 0.15) is 28.9 Å². The van der Waals surface area contributed by atoms with Gasteiger partial charge in [-0.25, -0.2) is 0 Å². The van der Waals surface area contributed by atoms with Crippen molar-refractivity contribution >= 4 is 50.8 Å². The molecule has 0 spiro atoms. The van der Waals surface area contributed by atoms with Crippen molar-refractivity contribution in [2.45, 2.75) is 13.0 Å². The summed E-state index contributed by atoms with van der Waals surface area (Å²) in [5.74, 6) is -0.343. The number of hydrogen-bond donors (Lipinski definition) is 2. The van der Waals surface area contributed by atoms with Crippen molar-refractivity contribution in [2.24, 2.45) is 0 Å². The average molecular weight is 398 g/mol. The first-order valence-electron chi connectivity index (χ1n) is 6.59. The summed E-state index contributed by atoms with van der Waals surface area (Å²) in [6, 6.07) is 14.9. The van der Waals surface area contributed by atoms with Crippen LogP contribution >= 0.6 is 39.7 Å². The first-order chi connectivity index (χ1) is 10.5. The normalized spacial score (nSPS) is 11.6. The predicted molar refractivity (Wildman–Crippen MR) is 97.2 cm³/mol. The molecule has 2 rings (SSSR count). The van der Waals surface area contributed by atoms with E-state index in [4.69, 9.17) is 23.8 Å². The Morgan fingerprint density at radius 2 is 1.91 bits per heavy atom. The molecular formula is C16H14BrClN2OS. The fraction of sp³-hybridized carbons (Fsp3) is 0.125. The number of halogens is 2. The van der Waals surface area contributed by atoms with Crippen molar-refractivity contribution in [3.05, 3.63) is 69.2 Å². The zero-order valence-electron chi connectivity index (χ0n) is 11.8. The standard InChI is InChI=1S/C16H14BrClN2OS/c1-10(11-5-3-2-4-6-11)19-16(22)20-15(21)13-9-12(17)7-8-14(13)18/h2-10H,1H3,(H2,19,20,21,22)/t10-/m1/s1. The zero-order chi connectivity index (χ0) is 16.1. The first-order valence-corrected chi connectivity index (χ1v) is 8.17. The number of carbonyl (C=O) groups is 1. The van der Waals surface area contributed by atoms with Crippen LogP contribution in [-0.4, -0.2) is 11.0 Å². The summed E-state index contributed by atoms with van der Waals surface area (Å²) in [6.45, 7) is 1.97. The molecule has 3 nitrogen and oxygen atoms in total. The van der Waals surface area contributed by atoms with Crippen LogP contribution in [0.25, 0.3) is 0 Å². The van der Waals surface area contributed by atoms with E-state index in [9.17, 15) is 4.79 Å². The topological polar surface area (TPSA) is 41.1 Å². The van der Waals surface area contributed by atoms with Crippen molar-refractivity contribution < 1.29 is 4.79 Å². The van der Waals surface area contributed by atoms with E-state index < -0.39 is 0 Å². The predicted octanol–water partition coefficient (Wildman–Crippen LogP) is 4.47. The van der Waals surface area contributed by atoms with Gasteiger partial charge in [0.05, 0.1) is 16.6 Å². The molecule has 0 aromatic heterocycles. The molecule has 2 aromatic carbocycles. The van der Waals surface area contributed by atoms with Gasteiger partial charge >= 0.3 is 0 Å². The molecule has 2 aromatic rings. The monoisotopic (exact) mass is 396 g/mol. The van der Waals surface area contributed by atoms with Crippen LogP contribution in [-0.2, 0) is 0 Å². The Bertz CT molecular complexity index is 694. The van der Waals surface area contributed by atoms with E-state index in [1.54, 1.807) is 18.2 Å². The minimum atomic E-state index is -0.343. The summed E-state index contributed by atoms with van der Waals surface area (Å²) >= 11 is 14.5. The van der Waals surface area contributed by atoms with Gasteiger partial charge in [-0.05, 0) is 42.9 Å². The molecule has 0 fully saturated rings. The number of benzene rings is 2. The summed E-state index contributed by atoms with van der Waals surface area (Å²) in [5.41, 5.74) is 1.45. The third-order valence-corrected chi connectivity index (χ3v) is 4.09. The largest absolute Gasteiger partial charge is 0.356 e. The summed E-state index contributed by atoms with van der Waals surface area (Å²) in [7, 11) is 0. The molecule has 1 atom stereocenters. The molecule has 0 unspecified atom stereocenters. The van der Waals surface area contributed by atoms with Gasteiger partial charge in [0.25, 0.3) is 5.91 Å². The fourth-order valence-electron chi connectivity index (χ4n) is 1.90. The smallest absolute Gasteiger partial charge is 0.258 e. The second-order valence-corrected chi connectivity index (χ2v) is 6.42. The number of amides is 1. The highest BCUT2D eigenvalue weighted by atomic mass is 79.9. The summed E-state index contributed by atoms with van der Waals surface area (Å²) < 4.78 is 0.776. The Balaban J connectivity index is 2.00. The van der Waals surface area contributed by atoms with E-state index in [-0.39, 0.29) is 17.1 Å². The lowest BCUT2D eigenvalue weighted by molar-refractivity contribution is 0.0976. The Labute approximate surface area is 148 Å². The summed E-state index contributed by atoms with van der Waals surface area (Å²) in [4.78, 5) is 12.2. The molecule has 0 saturated heterocycles. The van der Waals surface area contributed by atoms with Crippen LogP contribution in [0, 0.1) is 0 Å². The Morgan fingerprint density at radius 3 is 2.59 bits per heavy atom. The molecular weight excluding hydrogens is 384 g/mol. The molecule has 2 N–H and O–H groups in total. The molecule has 0 aliphatic carbocycles. The Hall–Kier alpha value is -1.43. The SMILES string of the molecule is C[C@@H](NC(=S)NC(=O)c1cc(Br)ccc1Cl)c1ccccc1. The van der Waals surface area contributed by atoms with Crippen LogP contribution in [0.3, 0.4) is 0 Å². The lowest BCUT2D eigenvalue weighted by Crippen LogP contribution is -2.40. The van der Waals surface area contributed by atoms with Gasteiger partial charge in [-0.1, -0.05) is 57.9 Å². The van der Waals surface area contributed by atoms with Gasteiger partial charge in [-0.3, -0.25) is 10.1 Å². The van der Waals surface area contributed by atoms with Gasteiger partial charge < -0.3 is 5.32 Å². The maximum absolute atomic E-state index is 12.2. The van der Waals surface area contributed by atoms with Crippen molar-refractivity contribution in [1.29, 1.82) is 0 Å². The van der Waals surface area contributed by atoms with Crippen LogP contribution in [0.5, 0.6) is 0 Å². The lowest BCUT2D eigenvalue weighted by atomic mass is 10.1. The highest BCUT2D eigenvalue weighted by Gasteiger charge is 2.14. The van der Waals surface area contributed by atoms with Gasteiger partial charge in [-0.2, -0.15) is 0 Å². The van der Waals surface area contributed by atoms with Crippen LogP contribution in [0.15, 0.2) is 53.0 Å². The van der Waals surface area contributed by atoms with E-state index in [0.29, 0.717) is 10.6 Å². The van der Waals surface area contributed by atoms with E-state index in [0.717, 1.165) is 10.0 Å².